The fraction of sp³-hybridized carbons (Fsp3) is 0.792. The van der Waals surface area contributed by atoms with Crippen molar-refractivity contribution in [2.45, 2.75) is 117 Å². The summed E-state index contributed by atoms with van der Waals surface area (Å²) in [4.78, 5) is 13.4. The summed E-state index contributed by atoms with van der Waals surface area (Å²) in [6.07, 6.45) is 23.0. The Hall–Kier alpha value is -0.0900. The number of carboxylic acids is 1. The number of rotatable bonds is 18. The van der Waals surface area contributed by atoms with Gasteiger partial charge in [0.25, 0.3) is 0 Å². The Morgan fingerprint density at radius 2 is 1.21 bits per heavy atom. The van der Waals surface area contributed by atoms with E-state index in [2.05, 4.69) is 56.9 Å². The van der Waals surface area contributed by atoms with Crippen molar-refractivity contribution in [1.29, 1.82) is 0 Å². The van der Waals surface area contributed by atoms with Gasteiger partial charge in [-0.3, -0.25) is 4.90 Å². The topological polar surface area (TPSA) is 43.4 Å². The summed E-state index contributed by atoms with van der Waals surface area (Å²) in [5, 5.41) is 11.3. The third-order valence-electron chi connectivity index (χ3n) is 5.17. The molecule has 0 aromatic rings. The van der Waals surface area contributed by atoms with Gasteiger partial charge in [-0.1, -0.05) is 90.5 Å². The quantitative estimate of drug-likeness (QED) is 0.201. The van der Waals surface area contributed by atoms with E-state index in [1.54, 1.807) is 0 Å². The van der Waals surface area contributed by atoms with Crippen molar-refractivity contribution < 1.29 is 39.5 Å². The van der Waals surface area contributed by atoms with Crippen molar-refractivity contribution in [3.05, 3.63) is 24.3 Å². The number of carbonyl (C=O) groups excluding carboxylic acids is 1. The van der Waals surface area contributed by atoms with Crippen molar-refractivity contribution in [3.8, 4) is 0 Å². The summed E-state index contributed by atoms with van der Waals surface area (Å²) in [7, 11) is 0. The molecule has 0 N–H and O–H groups in total. The molecule has 2 atom stereocenters. The first-order valence-electron chi connectivity index (χ1n) is 11.4. The Kier molecular flexibility index (Phi) is 23.2. The number of allylic oxidation sites excluding steroid dienone is 2. The molecule has 158 valence electrons. The molecule has 0 saturated carbocycles. The minimum Gasteiger partial charge on any atom is -0.549 e. The summed E-state index contributed by atoms with van der Waals surface area (Å²) in [5.41, 5.74) is 0. The van der Waals surface area contributed by atoms with E-state index in [1.807, 2.05) is 0 Å². The molecule has 0 rings (SSSR count). The van der Waals surface area contributed by atoms with E-state index in [0.717, 1.165) is 25.7 Å². The Morgan fingerprint density at radius 3 is 1.54 bits per heavy atom. The predicted octanol–water partition coefficient (Wildman–Crippen LogP) is 2.65. The van der Waals surface area contributed by atoms with Crippen LogP contribution in [-0.4, -0.2) is 29.5 Å². The maximum Gasteiger partial charge on any atom is 1.00 e. The second-order valence-electron chi connectivity index (χ2n) is 7.55. The summed E-state index contributed by atoms with van der Waals surface area (Å²) in [6, 6.07) is 0.313. The van der Waals surface area contributed by atoms with Crippen LogP contribution in [0.5, 0.6) is 0 Å². The molecule has 0 heterocycles. The molecule has 0 aromatic carbocycles. The molecule has 2 unspecified atom stereocenters. The molecule has 0 radical (unpaired) electrons. The molecule has 3 nitrogen and oxygen atoms in total. The summed E-state index contributed by atoms with van der Waals surface area (Å²) >= 11 is 0. The molecule has 0 aliphatic heterocycles. The first kappa shape index (κ1) is 30.1. The fourth-order valence-corrected chi connectivity index (χ4v) is 3.48. The van der Waals surface area contributed by atoms with E-state index in [0.29, 0.717) is 0 Å². The van der Waals surface area contributed by atoms with E-state index in [1.165, 1.54) is 51.4 Å². The normalized spacial score (nSPS) is 13.9. The smallest absolute Gasteiger partial charge is 0.549 e. The van der Waals surface area contributed by atoms with Crippen molar-refractivity contribution in [2.24, 2.45) is 0 Å². The van der Waals surface area contributed by atoms with E-state index in [-0.39, 0.29) is 48.2 Å². The molecular formula is C24H44NNaO2. The maximum absolute atomic E-state index is 11.3. The molecule has 0 amide bonds. The molecule has 0 aromatic heterocycles. The van der Waals surface area contributed by atoms with Crippen molar-refractivity contribution >= 4 is 5.97 Å². The maximum atomic E-state index is 11.3. The Bertz CT molecular complexity index is 379. The number of nitrogens with zero attached hydrogens (tertiary/aromatic N) is 1. The zero-order chi connectivity index (χ0) is 20.3. The van der Waals surface area contributed by atoms with Gasteiger partial charge in [-0.05, 0) is 38.5 Å². The molecule has 0 saturated heterocycles. The average Bonchev–Trinajstić information content (AvgIpc) is 2.65. The van der Waals surface area contributed by atoms with Gasteiger partial charge in [0, 0.05) is 18.6 Å². The van der Waals surface area contributed by atoms with Crippen molar-refractivity contribution in [2.75, 3.05) is 6.54 Å². The second-order valence-corrected chi connectivity index (χ2v) is 7.55. The number of carbonyl (C=O) groups is 1. The molecule has 0 spiro atoms. The molecule has 0 fully saturated rings. The minimum atomic E-state index is -0.986. The SMILES string of the molecule is CCCCCC/C=C/C(CC)N(CC(=O)[O-])C(/C=C/CCCCCC)CC.[Na+]. The van der Waals surface area contributed by atoms with Crippen LogP contribution in [0.3, 0.4) is 0 Å². The van der Waals surface area contributed by atoms with E-state index < -0.39 is 5.97 Å². The third-order valence-corrected chi connectivity index (χ3v) is 5.17. The van der Waals surface area contributed by atoms with Gasteiger partial charge in [-0.25, -0.2) is 0 Å². The van der Waals surface area contributed by atoms with Gasteiger partial charge < -0.3 is 9.90 Å². The number of hydrogen-bond donors (Lipinski definition) is 0. The largest absolute Gasteiger partial charge is 1.00 e. The second kappa shape index (κ2) is 21.6. The molecule has 0 bridgehead atoms. The first-order valence-corrected chi connectivity index (χ1v) is 11.4. The molecule has 28 heavy (non-hydrogen) atoms. The van der Waals surface area contributed by atoms with Crippen LogP contribution in [0.1, 0.15) is 105 Å². The van der Waals surface area contributed by atoms with Gasteiger partial charge in [0.15, 0.2) is 0 Å². The fourth-order valence-electron chi connectivity index (χ4n) is 3.48. The number of unbranched alkanes of at least 4 members (excludes halogenated alkanes) is 8. The minimum absolute atomic E-state index is 0. The number of carboxylic acid groups (broad SMARTS) is 1. The van der Waals surface area contributed by atoms with Crippen LogP contribution in [0.2, 0.25) is 0 Å². The van der Waals surface area contributed by atoms with Gasteiger partial charge >= 0.3 is 29.6 Å². The number of aliphatic carboxylic acids is 1. The summed E-state index contributed by atoms with van der Waals surface area (Å²) in [5.74, 6) is -0.986. The van der Waals surface area contributed by atoms with Crippen LogP contribution < -0.4 is 34.7 Å². The summed E-state index contributed by atoms with van der Waals surface area (Å²) in [6.45, 7) is 8.72. The van der Waals surface area contributed by atoms with Gasteiger partial charge in [-0.15, -0.1) is 0 Å². The Balaban J connectivity index is 0. The third kappa shape index (κ3) is 15.8. The van der Waals surface area contributed by atoms with Crippen molar-refractivity contribution in [3.63, 3.8) is 0 Å². The molecule has 4 heteroatoms. The van der Waals surface area contributed by atoms with Gasteiger partial charge in [-0.2, -0.15) is 0 Å². The van der Waals surface area contributed by atoms with E-state index >= 15 is 0 Å². The Morgan fingerprint density at radius 1 is 0.786 bits per heavy atom. The van der Waals surface area contributed by atoms with Gasteiger partial charge in [0.2, 0.25) is 0 Å². The van der Waals surface area contributed by atoms with Gasteiger partial charge in [0.05, 0.1) is 5.97 Å². The molecular weight excluding hydrogens is 357 g/mol. The average molecular weight is 402 g/mol. The summed E-state index contributed by atoms with van der Waals surface area (Å²) < 4.78 is 0. The van der Waals surface area contributed by atoms with E-state index in [4.69, 9.17) is 0 Å². The zero-order valence-corrected chi connectivity index (χ0v) is 21.4. The zero-order valence-electron chi connectivity index (χ0n) is 19.4. The molecule has 0 aliphatic carbocycles. The van der Waals surface area contributed by atoms with Crippen LogP contribution in [0, 0.1) is 0 Å². The monoisotopic (exact) mass is 401 g/mol. The van der Waals surface area contributed by atoms with E-state index in [9.17, 15) is 9.90 Å². The van der Waals surface area contributed by atoms with Crippen LogP contribution in [-0.2, 0) is 4.79 Å². The molecule has 0 aliphatic rings. The van der Waals surface area contributed by atoms with Gasteiger partial charge in [0.1, 0.15) is 0 Å². The van der Waals surface area contributed by atoms with Crippen LogP contribution in [0.25, 0.3) is 0 Å². The Labute approximate surface area is 197 Å². The first-order chi connectivity index (χ1) is 13.1. The number of hydrogen-bond acceptors (Lipinski definition) is 3. The van der Waals surface area contributed by atoms with Crippen LogP contribution >= 0.6 is 0 Å². The van der Waals surface area contributed by atoms with Crippen molar-refractivity contribution in [1.82, 2.24) is 4.90 Å². The predicted molar refractivity (Wildman–Crippen MR) is 116 cm³/mol. The van der Waals surface area contributed by atoms with Crippen LogP contribution in [0.15, 0.2) is 24.3 Å². The van der Waals surface area contributed by atoms with Crippen LogP contribution in [0.4, 0.5) is 0 Å². The standard InChI is InChI=1S/C24H45NO2.Na/c1-5-9-11-13-15-17-19-22(7-3)25(21-24(26)27)23(8-4)20-18-16-14-12-10-6-2;/h17-20,22-23H,5-16,21H2,1-4H3,(H,26,27);/q;+1/p-1/b19-17+,20-18+;.